The third-order valence-electron chi connectivity index (χ3n) is 2.86. The van der Waals surface area contributed by atoms with E-state index in [0.29, 0.717) is 10.7 Å². The van der Waals surface area contributed by atoms with Crippen LogP contribution >= 0.6 is 11.3 Å². The Labute approximate surface area is 113 Å². The number of hydrogen-bond donors (Lipinski definition) is 1. The summed E-state index contributed by atoms with van der Waals surface area (Å²) < 4.78 is 0. The van der Waals surface area contributed by atoms with Gasteiger partial charge in [0.05, 0.1) is 5.69 Å². The maximum atomic E-state index is 11.2. The molecular formula is C14H11N3OS. The normalized spacial score (nSPS) is 10.8. The fraction of sp³-hybridized carbons (Fsp3) is 0.0714. The third kappa shape index (κ3) is 2.20. The quantitative estimate of drug-likeness (QED) is 0.726. The summed E-state index contributed by atoms with van der Waals surface area (Å²) in [5, 5.41) is 0.520. The summed E-state index contributed by atoms with van der Waals surface area (Å²) >= 11 is 1.37. The SMILES string of the molecule is CC(=O)c1ccc(-c2ccc3nc(N)sc3n2)cc1. The van der Waals surface area contributed by atoms with E-state index in [4.69, 9.17) is 5.73 Å². The van der Waals surface area contributed by atoms with E-state index in [1.54, 1.807) is 6.92 Å². The minimum absolute atomic E-state index is 0.0604. The van der Waals surface area contributed by atoms with Crippen LogP contribution in [0.25, 0.3) is 21.6 Å². The predicted octanol–water partition coefficient (Wildman–Crippen LogP) is 3.14. The standard InChI is InChI=1S/C14H11N3OS/c1-8(18)9-2-4-10(5-3-9)11-6-7-12-13(16-11)19-14(15)17-12/h2-7H,1H3,(H2,15,17). The first-order chi connectivity index (χ1) is 9.13. The molecule has 94 valence electrons. The van der Waals surface area contributed by atoms with Gasteiger partial charge in [0.25, 0.3) is 0 Å². The van der Waals surface area contributed by atoms with Gasteiger partial charge < -0.3 is 5.73 Å². The maximum absolute atomic E-state index is 11.2. The topological polar surface area (TPSA) is 68.9 Å². The number of nitrogens with zero attached hydrogens (tertiary/aromatic N) is 2. The molecule has 0 atom stereocenters. The number of carbonyl (C=O) groups excluding carboxylic acids is 1. The van der Waals surface area contributed by atoms with Crippen molar-refractivity contribution in [1.29, 1.82) is 0 Å². The minimum Gasteiger partial charge on any atom is -0.375 e. The summed E-state index contributed by atoms with van der Waals surface area (Å²) in [4.78, 5) is 20.8. The number of fused-ring (bicyclic) bond motifs is 1. The first kappa shape index (κ1) is 11.8. The molecule has 4 nitrogen and oxygen atoms in total. The summed E-state index contributed by atoms with van der Waals surface area (Å²) in [6.45, 7) is 1.55. The molecule has 5 heteroatoms. The Bertz CT molecular complexity index is 762. The Morgan fingerprint density at radius 2 is 1.84 bits per heavy atom. The van der Waals surface area contributed by atoms with Crippen molar-refractivity contribution >= 4 is 32.6 Å². The third-order valence-corrected chi connectivity index (χ3v) is 3.65. The lowest BCUT2D eigenvalue weighted by atomic mass is 10.1. The summed E-state index contributed by atoms with van der Waals surface area (Å²) in [5.74, 6) is 0.0604. The summed E-state index contributed by atoms with van der Waals surface area (Å²) in [5.41, 5.74) is 9.00. The molecule has 0 saturated carbocycles. The number of ketones is 1. The lowest BCUT2D eigenvalue weighted by molar-refractivity contribution is 0.101. The van der Waals surface area contributed by atoms with Crippen LogP contribution in [-0.4, -0.2) is 15.8 Å². The van der Waals surface area contributed by atoms with E-state index in [2.05, 4.69) is 9.97 Å². The molecule has 3 aromatic rings. The number of Topliss-reactive ketones (excluding diaryl/α,β-unsaturated/α-hetero) is 1. The van der Waals surface area contributed by atoms with Crippen LogP contribution in [0.5, 0.6) is 0 Å². The Hall–Kier alpha value is -2.27. The highest BCUT2D eigenvalue weighted by atomic mass is 32.1. The van der Waals surface area contributed by atoms with Gasteiger partial charge in [-0.3, -0.25) is 4.79 Å². The van der Waals surface area contributed by atoms with E-state index in [9.17, 15) is 4.79 Å². The molecule has 0 aliphatic rings. The van der Waals surface area contributed by atoms with Crippen molar-refractivity contribution in [3.05, 3.63) is 42.0 Å². The predicted molar refractivity (Wildman–Crippen MR) is 77.3 cm³/mol. The second-order valence-corrected chi connectivity index (χ2v) is 5.22. The molecule has 0 fully saturated rings. The van der Waals surface area contributed by atoms with Gasteiger partial charge in [0.1, 0.15) is 10.3 Å². The van der Waals surface area contributed by atoms with E-state index in [0.717, 1.165) is 21.6 Å². The number of pyridine rings is 1. The van der Waals surface area contributed by atoms with Gasteiger partial charge in [0.2, 0.25) is 0 Å². The Morgan fingerprint density at radius 3 is 2.53 bits per heavy atom. The number of aromatic nitrogens is 2. The molecule has 0 aliphatic heterocycles. The second-order valence-electron chi connectivity index (χ2n) is 4.21. The van der Waals surface area contributed by atoms with Crippen LogP contribution in [0.1, 0.15) is 17.3 Å². The van der Waals surface area contributed by atoms with Crippen molar-refractivity contribution < 1.29 is 4.79 Å². The minimum atomic E-state index is 0.0604. The van der Waals surface area contributed by atoms with Crippen molar-refractivity contribution in [2.24, 2.45) is 0 Å². The number of carbonyl (C=O) groups is 1. The number of thiazole rings is 1. The van der Waals surface area contributed by atoms with Gasteiger partial charge in [-0.25, -0.2) is 9.97 Å². The summed E-state index contributed by atoms with van der Waals surface area (Å²) in [6.07, 6.45) is 0. The Kier molecular flexibility index (Phi) is 2.76. The molecule has 2 heterocycles. The molecule has 0 unspecified atom stereocenters. The molecule has 0 aliphatic carbocycles. The Balaban J connectivity index is 2.05. The van der Waals surface area contributed by atoms with Crippen LogP contribution in [0.15, 0.2) is 36.4 Å². The van der Waals surface area contributed by atoms with Crippen LogP contribution < -0.4 is 5.73 Å². The van der Waals surface area contributed by atoms with Crippen molar-refractivity contribution in [2.45, 2.75) is 6.92 Å². The van der Waals surface area contributed by atoms with Gasteiger partial charge in [-0.15, -0.1) is 0 Å². The van der Waals surface area contributed by atoms with Crippen molar-refractivity contribution in [1.82, 2.24) is 9.97 Å². The second kappa shape index (κ2) is 4.44. The molecule has 0 saturated heterocycles. The highest BCUT2D eigenvalue weighted by Gasteiger charge is 2.06. The van der Waals surface area contributed by atoms with Crippen LogP contribution in [0.2, 0.25) is 0 Å². The van der Waals surface area contributed by atoms with E-state index in [-0.39, 0.29) is 5.78 Å². The zero-order valence-corrected chi connectivity index (χ0v) is 11.1. The van der Waals surface area contributed by atoms with E-state index < -0.39 is 0 Å². The average molecular weight is 269 g/mol. The lowest BCUT2D eigenvalue weighted by Crippen LogP contribution is -1.91. The zero-order chi connectivity index (χ0) is 13.4. The number of rotatable bonds is 2. The number of benzene rings is 1. The van der Waals surface area contributed by atoms with Crippen molar-refractivity contribution in [2.75, 3.05) is 5.73 Å². The van der Waals surface area contributed by atoms with E-state index in [1.807, 2.05) is 36.4 Å². The molecule has 3 rings (SSSR count). The van der Waals surface area contributed by atoms with Crippen molar-refractivity contribution in [3.63, 3.8) is 0 Å². The summed E-state index contributed by atoms with van der Waals surface area (Å²) in [7, 11) is 0. The smallest absolute Gasteiger partial charge is 0.182 e. The number of hydrogen-bond acceptors (Lipinski definition) is 5. The maximum Gasteiger partial charge on any atom is 0.182 e. The molecule has 0 radical (unpaired) electrons. The van der Waals surface area contributed by atoms with Crippen LogP contribution in [0, 0.1) is 0 Å². The number of anilines is 1. The lowest BCUT2D eigenvalue weighted by Gasteiger charge is -2.01. The summed E-state index contributed by atoms with van der Waals surface area (Å²) in [6, 6.07) is 11.2. The molecule has 1 aromatic carbocycles. The van der Waals surface area contributed by atoms with Crippen molar-refractivity contribution in [3.8, 4) is 11.3 Å². The monoisotopic (exact) mass is 269 g/mol. The first-order valence-corrected chi connectivity index (χ1v) is 6.59. The largest absolute Gasteiger partial charge is 0.375 e. The molecule has 2 N–H and O–H groups in total. The van der Waals surface area contributed by atoms with Crippen LogP contribution in [0.3, 0.4) is 0 Å². The van der Waals surface area contributed by atoms with Gasteiger partial charge in [0, 0.05) is 11.1 Å². The number of nitrogens with two attached hydrogens (primary N) is 1. The van der Waals surface area contributed by atoms with Gasteiger partial charge in [-0.05, 0) is 19.1 Å². The first-order valence-electron chi connectivity index (χ1n) is 5.78. The molecule has 0 bridgehead atoms. The highest BCUT2D eigenvalue weighted by molar-refractivity contribution is 7.21. The number of nitrogen functional groups attached to an aromatic ring is 1. The van der Waals surface area contributed by atoms with Gasteiger partial charge >= 0.3 is 0 Å². The molecular weight excluding hydrogens is 258 g/mol. The molecule has 0 amide bonds. The van der Waals surface area contributed by atoms with Crippen LogP contribution in [0.4, 0.5) is 5.13 Å². The Morgan fingerprint density at radius 1 is 1.11 bits per heavy atom. The van der Waals surface area contributed by atoms with E-state index in [1.165, 1.54) is 11.3 Å². The molecule has 19 heavy (non-hydrogen) atoms. The van der Waals surface area contributed by atoms with Crippen LogP contribution in [-0.2, 0) is 0 Å². The van der Waals surface area contributed by atoms with Gasteiger partial charge in [-0.1, -0.05) is 35.6 Å². The highest BCUT2D eigenvalue weighted by Crippen LogP contribution is 2.26. The zero-order valence-electron chi connectivity index (χ0n) is 10.3. The fourth-order valence-corrected chi connectivity index (χ4v) is 2.57. The fourth-order valence-electron chi connectivity index (χ4n) is 1.87. The average Bonchev–Trinajstić information content (AvgIpc) is 2.77. The van der Waals surface area contributed by atoms with Gasteiger partial charge in [-0.2, -0.15) is 0 Å². The molecule has 0 spiro atoms. The molecule has 2 aromatic heterocycles. The van der Waals surface area contributed by atoms with Gasteiger partial charge in [0.15, 0.2) is 10.9 Å². The van der Waals surface area contributed by atoms with E-state index >= 15 is 0 Å².